The van der Waals surface area contributed by atoms with Gasteiger partial charge >= 0.3 is 0 Å². The van der Waals surface area contributed by atoms with Gasteiger partial charge in [-0.1, -0.05) is 53.2 Å². The van der Waals surface area contributed by atoms with E-state index >= 15 is 0 Å². The van der Waals surface area contributed by atoms with Gasteiger partial charge in [-0.2, -0.15) is 0 Å². The maximum atomic E-state index is 12.8. The number of H-pyrrole nitrogens is 1. The van der Waals surface area contributed by atoms with Crippen molar-refractivity contribution in [3.05, 3.63) is 56.4 Å². The number of rotatable bonds is 8. The Hall–Kier alpha value is -2.06. The number of amides is 1. The summed E-state index contributed by atoms with van der Waals surface area (Å²) in [5.41, 5.74) is 3.01. The number of carbonyl (C=O) groups excluding carboxylic acids is 1. The lowest BCUT2D eigenvalue weighted by molar-refractivity contribution is -0.118. The van der Waals surface area contributed by atoms with Crippen LogP contribution in [0.3, 0.4) is 0 Å². The Balaban J connectivity index is 1.71. The van der Waals surface area contributed by atoms with Crippen LogP contribution in [0, 0.1) is 6.92 Å². The predicted octanol–water partition coefficient (Wildman–Crippen LogP) is 4.00. The molecule has 0 spiro atoms. The Bertz CT molecular complexity index is 1040. The number of aromatic nitrogens is 3. The van der Waals surface area contributed by atoms with E-state index in [9.17, 15) is 9.59 Å². The third-order valence-corrected chi connectivity index (χ3v) is 5.75. The lowest BCUT2D eigenvalue weighted by Gasteiger charge is -2.11. The smallest absolute Gasteiger partial charge is 0.278 e. The normalized spacial score (nSPS) is 11.1. The molecule has 0 fully saturated rings. The maximum absolute atomic E-state index is 12.8. The molecule has 1 aromatic carbocycles. The number of aryl methyl sites for hydroxylation is 1. The maximum Gasteiger partial charge on any atom is 0.278 e. The largest absolute Gasteiger partial charge is 0.353 e. The zero-order valence-corrected chi connectivity index (χ0v) is 18.3. The van der Waals surface area contributed by atoms with E-state index in [1.807, 2.05) is 37.3 Å². The number of unbranched alkanes of at least 4 members (excludes halogenated alkanes) is 1. The van der Waals surface area contributed by atoms with Crippen LogP contribution < -0.4 is 10.9 Å². The van der Waals surface area contributed by atoms with Crippen molar-refractivity contribution in [2.45, 2.75) is 44.9 Å². The van der Waals surface area contributed by atoms with Gasteiger partial charge in [0.2, 0.25) is 5.91 Å². The van der Waals surface area contributed by atoms with Crippen LogP contribution in [0.1, 0.15) is 31.0 Å². The number of nitrogens with one attached hydrogen (secondary N) is 2. The van der Waals surface area contributed by atoms with E-state index in [-0.39, 0.29) is 17.2 Å². The molecule has 2 N–H and O–H groups in total. The second-order valence-corrected chi connectivity index (χ2v) is 8.47. The number of aromatic amines is 1. The average molecular weight is 463 g/mol. The Morgan fingerprint density at radius 1 is 1.36 bits per heavy atom. The first-order valence-corrected chi connectivity index (χ1v) is 11.0. The van der Waals surface area contributed by atoms with Crippen LogP contribution in [0.5, 0.6) is 0 Å². The summed E-state index contributed by atoms with van der Waals surface area (Å²) < 4.78 is 2.65. The number of carbonyl (C=O) groups is 1. The van der Waals surface area contributed by atoms with Crippen molar-refractivity contribution in [3.63, 3.8) is 0 Å². The molecular formula is C20H23BrN4O2S. The number of thioether (sulfide) groups is 1. The summed E-state index contributed by atoms with van der Waals surface area (Å²) in [4.78, 5) is 32.8. The Labute approximate surface area is 176 Å². The summed E-state index contributed by atoms with van der Waals surface area (Å²) in [6.45, 7) is 5.04. The Morgan fingerprint density at radius 3 is 2.93 bits per heavy atom. The summed E-state index contributed by atoms with van der Waals surface area (Å²) >= 11 is 4.73. The first-order chi connectivity index (χ1) is 13.5. The summed E-state index contributed by atoms with van der Waals surface area (Å²) in [5.74, 6) is 0.119. The third-order valence-electron chi connectivity index (χ3n) is 4.28. The molecule has 0 bridgehead atoms. The van der Waals surface area contributed by atoms with E-state index in [2.05, 4.69) is 38.1 Å². The molecule has 2 heterocycles. The second kappa shape index (κ2) is 9.43. The highest BCUT2D eigenvalue weighted by molar-refractivity contribution is 9.10. The molecule has 0 saturated carbocycles. The molecule has 3 aromatic rings. The number of halogens is 1. The fraction of sp³-hybridized carbons (Fsp3) is 0.350. The highest BCUT2D eigenvalue weighted by Crippen LogP contribution is 2.19. The van der Waals surface area contributed by atoms with Crippen molar-refractivity contribution in [1.82, 2.24) is 19.9 Å². The van der Waals surface area contributed by atoms with E-state index < -0.39 is 0 Å². The molecule has 3 rings (SSSR count). The van der Waals surface area contributed by atoms with Gasteiger partial charge in [-0.25, -0.2) is 4.98 Å². The van der Waals surface area contributed by atoms with Crippen LogP contribution in [-0.4, -0.2) is 26.2 Å². The molecule has 0 atom stereocenters. The Morgan fingerprint density at radius 2 is 2.18 bits per heavy atom. The number of fused-ring (bicyclic) bond motifs is 1. The van der Waals surface area contributed by atoms with Crippen LogP contribution in [0.2, 0.25) is 0 Å². The summed E-state index contributed by atoms with van der Waals surface area (Å²) in [7, 11) is 0. The van der Waals surface area contributed by atoms with E-state index in [1.165, 1.54) is 11.8 Å². The zero-order chi connectivity index (χ0) is 20.1. The fourth-order valence-electron chi connectivity index (χ4n) is 2.86. The molecule has 148 valence electrons. The third kappa shape index (κ3) is 5.05. The minimum Gasteiger partial charge on any atom is -0.353 e. The Kier molecular flexibility index (Phi) is 6.96. The average Bonchev–Trinajstić information content (AvgIpc) is 3.05. The number of hydrogen-bond donors (Lipinski definition) is 2. The number of hydrogen-bond acceptors (Lipinski definition) is 4. The summed E-state index contributed by atoms with van der Waals surface area (Å²) in [6.07, 6.45) is 1.86. The summed E-state index contributed by atoms with van der Waals surface area (Å²) in [6, 6.07) is 9.67. The minimum absolute atomic E-state index is 0.0800. The zero-order valence-electron chi connectivity index (χ0n) is 15.9. The van der Waals surface area contributed by atoms with Gasteiger partial charge in [-0.05, 0) is 37.1 Å². The topological polar surface area (TPSA) is 79.8 Å². The van der Waals surface area contributed by atoms with Crippen LogP contribution in [0.4, 0.5) is 0 Å². The standard InChI is InChI=1S/C20H23BrN4O2S/c1-3-4-8-25-19(27)18-16(9-13(2)23-18)24-20(25)28-12-17(26)22-11-14-6-5-7-15(21)10-14/h5-7,9-10,23H,3-4,8,11-12H2,1-2H3,(H,22,26). The molecule has 0 aliphatic carbocycles. The van der Waals surface area contributed by atoms with Gasteiger partial charge in [0.05, 0.1) is 11.3 Å². The van der Waals surface area contributed by atoms with Crippen molar-refractivity contribution in [2.75, 3.05) is 5.75 Å². The van der Waals surface area contributed by atoms with E-state index in [4.69, 9.17) is 0 Å². The highest BCUT2D eigenvalue weighted by Gasteiger charge is 2.14. The van der Waals surface area contributed by atoms with Gasteiger partial charge in [0, 0.05) is 23.3 Å². The molecule has 28 heavy (non-hydrogen) atoms. The molecular weight excluding hydrogens is 440 g/mol. The number of benzene rings is 1. The molecule has 6 nitrogen and oxygen atoms in total. The van der Waals surface area contributed by atoms with Crippen LogP contribution in [-0.2, 0) is 17.9 Å². The van der Waals surface area contributed by atoms with Gasteiger partial charge in [0.25, 0.3) is 5.56 Å². The van der Waals surface area contributed by atoms with Crippen molar-refractivity contribution in [3.8, 4) is 0 Å². The van der Waals surface area contributed by atoms with E-state index in [0.29, 0.717) is 29.3 Å². The lowest BCUT2D eigenvalue weighted by Crippen LogP contribution is -2.27. The first-order valence-electron chi connectivity index (χ1n) is 9.22. The van der Waals surface area contributed by atoms with Crippen LogP contribution >= 0.6 is 27.7 Å². The van der Waals surface area contributed by atoms with Gasteiger partial charge in [-0.3, -0.25) is 14.2 Å². The predicted molar refractivity (Wildman–Crippen MR) is 117 cm³/mol. The van der Waals surface area contributed by atoms with Gasteiger partial charge in [-0.15, -0.1) is 0 Å². The molecule has 0 saturated heterocycles. The molecule has 1 amide bonds. The molecule has 0 aliphatic rings. The molecule has 2 aromatic heterocycles. The lowest BCUT2D eigenvalue weighted by atomic mass is 10.2. The quantitative estimate of drug-likeness (QED) is 0.391. The second-order valence-electron chi connectivity index (χ2n) is 6.61. The van der Waals surface area contributed by atoms with Gasteiger partial charge in [0.1, 0.15) is 5.52 Å². The van der Waals surface area contributed by atoms with E-state index in [1.54, 1.807) is 4.57 Å². The molecule has 0 aliphatic heterocycles. The van der Waals surface area contributed by atoms with Crippen molar-refractivity contribution >= 4 is 44.6 Å². The van der Waals surface area contributed by atoms with Crippen molar-refractivity contribution in [2.24, 2.45) is 0 Å². The summed E-state index contributed by atoms with van der Waals surface area (Å²) in [5, 5.41) is 3.50. The molecule has 0 unspecified atom stereocenters. The minimum atomic E-state index is -0.0911. The monoisotopic (exact) mass is 462 g/mol. The molecule has 8 heteroatoms. The fourth-order valence-corrected chi connectivity index (χ4v) is 4.17. The van der Waals surface area contributed by atoms with Crippen molar-refractivity contribution < 1.29 is 4.79 Å². The van der Waals surface area contributed by atoms with E-state index in [0.717, 1.165) is 28.6 Å². The first kappa shape index (κ1) is 20.7. The highest BCUT2D eigenvalue weighted by atomic mass is 79.9. The van der Waals surface area contributed by atoms with Gasteiger partial charge in [0.15, 0.2) is 5.16 Å². The van der Waals surface area contributed by atoms with Crippen LogP contribution in [0.25, 0.3) is 11.0 Å². The SMILES string of the molecule is CCCCn1c(SCC(=O)NCc2cccc(Br)c2)nc2cc(C)[nH]c2c1=O. The number of nitrogens with zero attached hydrogens (tertiary/aromatic N) is 2. The van der Waals surface area contributed by atoms with Crippen LogP contribution in [0.15, 0.2) is 44.8 Å². The van der Waals surface area contributed by atoms with Gasteiger partial charge < -0.3 is 10.3 Å². The van der Waals surface area contributed by atoms with Crippen molar-refractivity contribution in [1.29, 1.82) is 0 Å². The molecule has 0 radical (unpaired) electrons.